The van der Waals surface area contributed by atoms with Gasteiger partial charge in [-0.2, -0.15) is 5.06 Å². The van der Waals surface area contributed by atoms with E-state index in [9.17, 15) is 10.4 Å². The van der Waals surface area contributed by atoms with Crippen molar-refractivity contribution in [1.82, 2.24) is 5.06 Å². The van der Waals surface area contributed by atoms with Gasteiger partial charge in [0.05, 0.1) is 17.8 Å². The average Bonchev–Trinajstić information content (AvgIpc) is 2.57. The van der Waals surface area contributed by atoms with Gasteiger partial charge in [0.25, 0.3) is 0 Å². The number of piperidine rings is 1. The highest BCUT2D eigenvalue weighted by Crippen LogP contribution is 2.42. The highest BCUT2D eigenvalue weighted by Gasteiger charge is 2.36. The fraction of sp³-hybridized carbons (Fsp3) is 0.235. The molecular weight excluding hydrogens is 328 g/mol. The Kier molecular flexibility index (Phi) is 4.96. The average molecular weight is 346 g/mol. The van der Waals surface area contributed by atoms with Crippen LogP contribution in [0.5, 0.6) is 0 Å². The highest BCUT2D eigenvalue weighted by molar-refractivity contribution is 7.80. The van der Waals surface area contributed by atoms with E-state index in [4.69, 9.17) is 0 Å². The van der Waals surface area contributed by atoms with Gasteiger partial charge in [0.15, 0.2) is 0 Å². The molecule has 2 atom stereocenters. The molecule has 1 aliphatic rings. The second-order valence-corrected chi connectivity index (χ2v) is 6.57. The van der Waals surface area contributed by atoms with Crippen LogP contribution in [0.4, 0.5) is 0 Å². The monoisotopic (exact) mass is 346 g/mol. The first-order chi connectivity index (χ1) is 11.1. The summed E-state index contributed by atoms with van der Waals surface area (Å²) in [7, 11) is 0. The van der Waals surface area contributed by atoms with Gasteiger partial charge in [0.2, 0.25) is 0 Å². The lowest BCUT2D eigenvalue weighted by atomic mass is 9.88. The van der Waals surface area contributed by atoms with E-state index < -0.39 is 0 Å². The number of thiol groups is 2. The lowest BCUT2D eigenvalue weighted by molar-refractivity contribution is -0.168. The van der Waals surface area contributed by atoms with E-state index in [2.05, 4.69) is 30.4 Å². The Labute approximate surface area is 146 Å². The number of benzene rings is 2. The minimum Gasteiger partial charge on any atom is -0.411 e. The smallest absolute Gasteiger partial charge is 0.0670 e. The normalized spacial score (nSPS) is 24.0. The number of hydrogen-bond acceptors (Lipinski definition) is 6. The Morgan fingerprint density at radius 2 is 1.30 bits per heavy atom. The van der Waals surface area contributed by atoms with Crippen LogP contribution in [0.2, 0.25) is 0 Å². The fourth-order valence-corrected chi connectivity index (χ4v) is 3.68. The maximum absolute atomic E-state index is 10.8. The SMILES string of the molecule is ON=C1C[C@H](c2ccccc2S)N(O)[C@H](c2ccccc2S)C1. The van der Waals surface area contributed by atoms with E-state index in [1.54, 1.807) is 0 Å². The van der Waals surface area contributed by atoms with E-state index in [0.29, 0.717) is 18.6 Å². The second-order valence-electron chi connectivity index (χ2n) is 5.60. The van der Waals surface area contributed by atoms with E-state index in [1.165, 1.54) is 5.06 Å². The summed E-state index contributed by atoms with van der Waals surface area (Å²) in [6, 6.07) is 14.6. The molecule has 0 bridgehead atoms. The predicted octanol–water partition coefficient (Wildman–Crippen LogP) is 4.36. The molecule has 0 radical (unpaired) electrons. The summed E-state index contributed by atoms with van der Waals surface area (Å²) in [4.78, 5) is 1.60. The van der Waals surface area contributed by atoms with E-state index in [-0.39, 0.29) is 12.1 Å². The molecule has 0 aromatic heterocycles. The summed E-state index contributed by atoms with van der Waals surface area (Å²) in [6.45, 7) is 0. The van der Waals surface area contributed by atoms with Gasteiger partial charge in [0, 0.05) is 22.6 Å². The van der Waals surface area contributed by atoms with Crippen molar-refractivity contribution in [1.29, 1.82) is 0 Å². The molecule has 1 fully saturated rings. The highest BCUT2D eigenvalue weighted by atomic mass is 32.1. The van der Waals surface area contributed by atoms with Crippen LogP contribution in [0.3, 0.4) is 0 Å². The molecular formula is C17H18N2O2S2. The van der Waals surface area contributed by atoms with Gasteiger partial charge in [-0.05, 0) is 23.3 Å². The molecule has 0 amide bonds. The number of hydrogen-bond donors (Lipinski definition) is 4. The first-order valence-electron chi connectivity index (χ1n) is 7.34. The van der Waals surface area contributed by atoms with E-state index in [0.717, 1.165) is 20.9 Å². The van der Waals surface area contributed by atoms with Crippen molar-refractivity contribution in [2.45, 2.75) is 34.7 Å². The molecule has 0 unspecified atom stereocenters. The molecule has 0 saturated carbocycles. The third-order valence-corrected chi connectivity index (χ3v) is 5.04. The molecule has 0 spiro atoms. The summed E-state index contributed by atoms with van der Waals surface area (Å²) in [6.07, 6.45) is 0.908. The molecule has 23 heavy (non-hydrogen) atoms. The molecule has 120 valence electrons. The second kappa shape index (κ2) is 6.97. The maximum atomic E-state index is 10.8. The molecule has 1 saturated heterocycles. The fourth-order valence-electron chi connectivity index (χ4n) is 3.06. The predicted molar refractivity (Wildman–Crippen MR) is 95.0 cm³/mol. The van der Waals surface area contributed by atoms with Crippen molar-refractivity contribution in [3.05, 3.63) is 59.7 Å². The van der Waals surface area contributed by atoms with Crippen molar-refractivity contribution < 1.29 is 10.4 Å². The summed E-state index contributed by atoms with van der Waals surface area (Å²) in [5.74, 6) is 0. The minimum absolute atomic E-state index is 0.318. The zero-order valence-electron chi connectivity index (χ0n) is 12.4. The van der Waals surface area contributed by atoms with Crippen molar-refractivity contribution in [3.8, 4) is 0 Å². The first kappa shape index (κ1) is 16.4. The molecule has 4 nitrogen and oxygen atoms in total. The Balaban J connectivity index is 2.02. The van der Waals surface area contributed by atoms with Gasteiger partial charge in [-0.1, -0.05) is 41.6 Å². The quantitative estimate of drug-likeness (QED) is 0.371. The maximum Gasteiger partial charge on any atom is 0.0670 e. The van der Waals surface area contributed by atoms with Crippen molar-refractivity contribution in [3.63, 3.8) is 0 Å². The van der Waals surface area contributed by atoms with Crippen LogP contribution in [0.15, 0.2) is 63.5 Å². The van der Waals surface area contributed by atoms with Crippen LogP contribution in [0, 0.1) is 0 Å². The van der Waals surface area contributed by atoms with Crippen molar-refractivity contribution >= 4 is 31.0 Å². The van der Waals surface area contributed by atoms with Crippen LogP contribution in [-0.4, -0.2) is 21.2 Å². The standard InChI is InChI=1S/C17H18N2O2S2/c20-18-11-9-14(12-5-1-3-7-16(12)22)19(21)15(10-11)13-6-2-4-8-17(13)23/h1-8,14-15,20-23H,9-10H2/t14-,15+. The third-order valence-electron chi connectivity index (χ3n) is 4.23. The first-order valence-corrected chi connectivity index (χ1v) is 8.24. The lowest BCUT2D eigenvalue weighted by Crippen LogP contribution is -2.38. The third kappa shape index (κ3) is 3.26. The summed E-state index contributed by atoms with van der Waals surface area (Å²) in [5, 5.41) is 24.9. The summed E-state index contributed by atoms with van der Waals surface area (Å²) >= 11 is 8.98. The van der Waals surface area contributed by atoms with Gasteiger partial charge < -0.3 is 10.4 Å². The molecule has 6 heteroatoms. The Morgan fingerprint density at radius 3 is 1.70 bits per heavy atom. The molecule has 2 N–H and O–H groups in total. The Morgan fingerprint density at radius 1 is 0.870 bits per heavy atom. The molecule has 1 heterocycles. The number of oxime groups is 1. The summed E-state index contributed by atoms with van der Waals surface area (Å²) < 4.78 is 0. The van der Waals surface area contributed by atoms with Gasteiger partial charge >= 0.3 is 0 Å². The number of rotatable bonds is 2. The molecule has 0 aliphatic carbocycles. The van der Waals surface area contributed by atoms with Crippen LogP contribution in [-0.2, 0) is 0 Å². The van der Waals surface area contributed by atoms with Crippen LogP contribution < -0.4 is 0 Å². The largest absolute Gasteiger partial charge is 0.411 e. The van der Waals surface area contributed by atoms with E-state index in [1.807, 2.05) is 48.5 Å². The van der Waals surface area contributed by atoms with Crippen LogP contribution in [0.1, 0.15) is 36.1 Å². The van der Waals surface area contributed by atoms with Crippen molar-refractivity contribution in [2.75, 3.05) is 0 Å². The topological polar surface area (TPSA) is 56.1 Å². The summed E-state index contributed by atoms with van der Waals surface area (Å²) in [5.41, 5.74) is 2.46. The zero-order valence-corrected chi connectivity index (χ0v) is 14.2. The molecule has 3 rings (SSSR count). The number of nitrogens with zero attached hydrogens (tertiary/aromatic N) is 2. The van der Waals surface area contributed by atoms with Gasteiger partial charge in [0.1, 0.15) is 0 Å². The van der Waals surface area contributed by atoms with E-state index >= 15 is 0 Å². The number of hydroxylamine groups is 2. The van der Waals surface area contributed by atoms with Crippen LogP contribution in [0.25, 0.3) is 0 Å². The van der Waals surface area contributed by atoms with Gasteiger partial charge in [-0.3, -0.25) is 0 Å². The molecule has 1 aliphatic heterocycles. The minimum atomic E-state index is -0.318. The van der Waals surface area contributed by atoms with Gasteiger partial charge in [-0.15, -0.1) is 25.3 Å². The Hall–Kier alpha value is -1.47. The molecule has 2 aromatic rings. The zero-order chi connectivity index (χ0) is 16.4. The Bertz CT molecular complexity index is 679. The van der Waals surface area contributed by atoms with Crippen LogP contribution >= 0.6 is 25.3 Å². The lowest BCUT2D eigenvalue weighted by Gasteiger charge is -2.39. The van der Waals surface area contributed by atoms with Crippen molar-refractivity contribution in [2.24, 2.45) is 5.16 Å². The molecule has 2 aromatic carbocycles. The van der Waals surface area contributed by atoms with Gasteiger partial charge in [-0.25, -0.2) is 0 Å².